The van der Waals surface area contributed by atoms with Gasteiger partial charge in [-0.25, -0.2) is 8.42 Å². The number of sulfonamides is 1. The Bertz CT molecular complexity index is 557. The Balaban J connectivity index is 3.13. The Morgan fingerprint density at radius 1 is 1.67 bits per heavy atom. The van der Waals surface area contributed by atoms with E-state index < -0.39 is 16.1 Å². The number of hydrogen-bond donors (Lipinski definition) is 1. The van der Waals surface area contributed by atoms with Gasteiger partial charge < -0.3 is 5.73 Å². The quantitative estimate of drug-likeness (QED) is 0.835. The molecule has 0 spiro atoms. The molecule has 1 rings (SSSR count). The highest BCUT2D eigenvalue weighted by atomic mass is 32.2. The van der Waals surface area contributed by atoms with E-state index >= 15 is 0 Å². The highest BCUT2D eigenvalue weighted by molar-refractivity contribution is 7.89. The van der Waals surface area contributed by atoms with Crippen LogP contribution in [0.2, 0.25) is 0 Å². The van der Waals surface area contributed by atoms with Crippen LogP contribution in [0.25, 0.3) is 0 Å². The highest BCUT2D eigenvalue weighted by Crippen LogP contribution is 2.22. The van der Waals surface area contributed by atoms with Crippen LogP contribution in [0.15, 0.2) is 11.1 Å². The van der Waals surface area contributed by atoms with E-state index in [2.05, 4.69) is 5.10 Å². The summed E-state index contributed by atoms with van der Waals surface area (Å²) in [4.78, 5) is -0.0170. The van der Waals surface area contributed by atoms with Crippen molar-refractivity contribution in [3.8, 4) is 6.07 Å². The molecular formula is C10H17N5O2S. The maximum atomic E-state index is 12.3. The number of nitrogen functional groups attached to an aromatic ring is 1. The van der Waals surface area contributed by atoms with Crippen LogP contribution >= 0.6 is 0 Å². The van der Waals surface area contributed by atoms with Crippen LogP contribution in [0.3, 0.4) is 0 Å². The average molecular weight is 271 g/mol. The van der Waals surface area contributed by atoms with Crippen LogP contribution in [-0.4, -0.2) is 35.6 Å². The Hall–Kier alpha value is -1.59. The van der Waals surface area contributed by atoms with Crippen LogP contribution in [0.5, 0.6) is 0 Å². The highest BCUT2D eigenvalue weighted by Gasteiger charge is 2.29. The SMILES string of the molecule is CCn1cc(S(=O)(=O)N(C)C(C)CC#N)c(N)n1. The summed E-state index contributed by atoms with van der Waals surface area (Å²) < 4.78 is 27.2. The number of hydrogen-bond acceptors (Lipinski definition) is 5. The van der Waals surface area contributed by atoms with Gasteiger partial charge in [0, 0.05) is 25.8 Å². The minimum absolute atomic E-state index is 0.0170. The van der Waals surface area contributed by atoms with Crippen molar-refractivity contribution in [3.63, 3.8) is 0 Å². The van der Waals surface area contributed by atoms with Crippen molar-refractivity contribution in [1.82, 2.24) is 14.1 Å². The van der Waals surface area contributed by atoms with Gasteiger partial charge in [0.25, 0.3) is 0 Å². The smallest absolute Gasteiger partial charge is 0.248 e. The van der Waals surface area contributed by atoms with Crippen LogP contribution < -0.4 is 5.73 Å². The number of nitriles is 1. The van der Waals surface area contributed by atoms with Crippen LogP contribution in [0.4, 0.5) is 5.82 Å². The van der Waals surface area contributed by atoms with Crippen LogP contribution in [0, 0.1) is 11.3 Å². The number of nitrogens with zero attached hydrogens (tertiary/aromatic N) is 4. The first-order valence-electron chi connectivity index (χ1n) is 5.52. The van der Waals surface area contributed by atoms with Crippen molar-refractivity contribution < 1.29 is 8.42 Å². The Morgan fingerprint density at radius 2 is 2.28 bits per heavy atom. The van der Waals surface area contributed by atoms with Crippen LogP contribution in [-0.2, 0) is 16.6 Å². The van der Waals surface area contributed by atoms with Gasteiger partial charge in [0.2, 0.25) is 10.0 Å². The van der Waals surface area contributed by atoms with Crippen molar-refractivity contribution in [2.75, 3.05) is 12.8 Å². The number of aromatic nitrogens is 2. The first-order chi connectivity index (χ1) is 8.34. The summed E-state index contributed by atoms with van der Waals surface area (Å²) in [6, 6.07) is 1.53. The lowest BCUT2D eigenvalue weighted by Gasteiger charge is -2.21. The zero-order valence-corrected chi connectivity index (χ0v) is 11.5. The number of anilines is 1. The summed E-state index contributed by atoms with van der Waals surface area (Å²) in [6.45, 7) is 4.04. The summed E-state index contributed by atoms with van der Waals surface area (Å²) in [5.74, 6) is -0.0205. The zero-order valence-electron chi connectivity index (χ0n) is 10.7. The number of rotatable bonds is 5. The van der Waals surface area contributed by atoms with Crippen LogP contribution in [0.1, 0.15) is 20.3 Å². The third kappa shape index (κ3) is 2.63. The molecule has 0 bridgehead atoms. The molecule has 1 atom stereocenters. The van der Waals surface area contributed by atoms with Gasteiger partial charge in [-0.2, -0.15) is 14.7 Å². The molecule has 1 heterocycles. The lowest BCUT2D eigenvalue weighted by Crippen LogP contribution is -2.35. The monoisotopic (exact) mass is 271 g/mol. The van der Waals surface area contributed by atoms with Gasteiger partial charge >= 0.3 is 0 Å². The topological polar surface area (TPSA) is 105 Å². The first-order valence-corrected chi connectivity index (χ1v) is 6.96. The summed E-state index contributed by atoms with van der Waals surface area (Å²) in [6.07, 6.45) is 1.53. The largest absolute Gasteiger partial charge is 0.381 e. The van der Waals surface area contributed by atoms with E-state index in [0.29, 0.717) is 6.54 Å². The van der Waals surface area contributed by atoms with E-state index in [0.717, 1.165) is 4.31 Å². The minimum Gasteiger partial charge on any atom is -0.381 e. The molecule has 1 unspecified atom stereocenters. The molecule has 100 valence electrons. The molecule has 18 heavy (non-hydrogen) atoms. The third-order valence-electron chi connectivity index (χ3n) is 2.74. The van der Waals surface area contributed by atoms with Crippen molar-refractivity contribution in [3.05, 3.63) is 6.20 Å². The van der Waals surface area contributed by atoms with Crippen molar-refractivity contribution >= 4 is 15.8 Å². The molecule has 0 aliphatic rings. The van der Waals surface area contributed by atoms with Gasteiger partial charge in [-0.05, 0) is 13.8 Å². The molecule has 2 N–H and O–H groups in total. The van der Waals surface area contributed by atoms with E-state index in [4.69, 9.17) is 11.0 Å². The molecule has 8 heteroatoms. The second kappa shape index (κ2) is 5.37. The number of aryl methyl sites for hydroxylation is 1. The molecule has 0 aliphatic heterocycles. The van der Waals surface area contributed by atoms with E-state index in [9.17, 15) is 8.42 Å². The molecule has 0 amide bonds. The fourth-order valence-corrected chi connectivity index (χ4v) is 2.85. The Labute approximate surface area is 107 Å². The predicted molar refractivity (Wildman–Crippen MR) is 67.0 cm³/mol. The fourth-order valence-electron chi connectivity index (χ4n) is 1.43. The first kappa shape index (κ1) is 14.5. The maximum Gasteiger partial charge on any atom is 0.248 e. The summed E-state index contributed by atoms with van der Waals surface area (Å²) in [5, 5.41) is 12.5. The van der Waals surface area contributed by atoms with Gasteiger partial charge in [0.1, 0.15) is 4.90 Å². The molecule has 0 saturated carbocycles. The summed E-state index contributed by atoms with van der Waals surface area (Å²) in [7, 11) is -2.28. The molecule has 7 nitrogen and oxygen atoms in total. The second-order valence-electron chi connectivity index (χ2n) is 3.97. The second-order valence-corrected chi connectivity index (χ2v) is 5.93. The van der Waals surface area contributed by atoms with Gasteiger partial charge in [0.15, 0.2) is 5.82 Å². The zero-order chi connectivity index (χ0) is 13.9. The Morgan fingerprint density at radius 3 is 2.72 bits per heavy atom. The predicted octanol–water partition coefficient (Wildman–Crippen LogP) is 0.408. The molecular weight excluding hydrogens is 254 g/mol. The summed E-state index contributed by atoms with van der Waals surface area (Å²) in [5.41, 5.74) is 5.61. The standard InChI is InChI=1S/C10H17N5O2S/c1-4-15-7-9(10(12)13-15)18(16,17)14(3)8(2)5-6-11/h7-8H,4-5H2,1-3H3,(H2,12,13). The average Bonchev–Trinajstić information content (AvgIpc) is 2.70. The van der Waals surface area contributed by atoms with Crippen molar-refractivity contribution in [2.45, 2.75) is 37.8 Å². The van der Waals surface area contributed by atoms with E-state index in [1.807, 2.05) is 13.0 Å². The molecule has 1 aromatic rings. The van der Waals surface area contributed by atoms with Crippen molar-refractivity contribution in [2.24, 2.45) is 0 Å². The third-order valence-corrected chi connectivity index (χ3v) is 4.73. The lowest BCUT2D eigenvalue weighted by molar-refractivity contribution is 0.393. The Kier molecular flexibility index (Phi) is 4.32. The fraction of sp³-hybridized carbons (Fsp3) is 0.600. The molecule has 0 saturated heterocycles. The van der Waals surface area contributed by atoms with Gasteiger partial charge in [0.05, 0.1) is 12.5 Å². The van der Waals surface area contributed by atoms with Gasteiger partial charge in [-0.15, -0.1) is 0 Å². The molecule has 0 radical (unpaired) electrons. The normalized spacial score (nSPS) is 13.5. The molecule has 1 aromatic heterocycles. The van der Waals surface area contributed by atoms with Gasteiger partial charge in [-0.1, -0.05) is 0 Å². The van der Waals surface area contributed by atoms with E-state index in [-0.39, 0.29) is 17.1 Å². The molecule has 0 aliphatic carbocycles. The maximum absolute atomic E-state index is 12.3. The van der Waals surface area contributed by atoms with E-state index in [1.54, 1.807) is 6.92 Å². The lowest BCUT2D eigenvalue weighted by atomic mass is 10.3. The van der Waals surface area contributed by atoms with Crippen molar-refractivity contribution in [1.29, 1.82) is 5.26 Å². The molecule has 0 fully saturated rings. The summed E-state index contributed by atoms with van der Waals surface area (Å²) >= 11 is 0. The minimum atomic E-state index is -3.71. The van der Waals surface area contributed by atoms with E-state index in [1.165, 1.54) is 17.9 Å². The van der Waals surface area contributed by atoms with Gasteiger partial charge in [-0.3, -0.25) is 4.68 Å². The molecule has 0 aromatic carbocycles. The number of nitrogens with two attached hydrogens (primary N) is 1.